The van der Waals surface area contributed by atoms with E-state index in [-0.39, 0.29) is 0 Å². The first-order valence-electron chi connectivity index (χ1n) is 21.0. The van der Waals surface area contributed by atoms with Crippen molar-refractivity contribution in [2.45, 2.75) is 0 Å². The van der Waals surface area contributed by atoms with Gasteiger partial charge in [0.2, 0.25) is 11.6 Å². The minimum atomic E-state index is 0.883. The molecular weight excluding hydrogens is 757 g/mol. The number of para-hydroxylation sites is 4. The maximum Gasteiger partial charge on any atom is 0.220 e. The van der Waals surface area contributed by atoms with Gasteiger partial charge in [-0.05, 0) is 123 Å². The first kappa shape index (κ1) is 34.4. The minimum absolute atomic E-state index is 0.883. The first-order chi connectivity index (χ1) is 30.7. The highest BCUT2D eigenvalue weighted by Gasteiger charge is 2.21. The molecule has 0 aliphatic rings. The lowest BCUT2D eigenvalue weighted by molar-refractivity contribution is 1.11. The lowest BCUT2D eigenvalue weighted by atomic mass is 9.99. The molecule has 62 heavy (non-hydrogen) atoms. The molecule has 0 N–H and O–H groups in total. The highest BCUT2D eigenvalue weighted by Crippen LogP contribution is 2.37. The van der Waals surface area contributed by atoms with Crippen LogP contribution in [0, 0.1) is 0 Å². The zero-order chi connectivity index (χ0) is 40.7. The van der Waals surface area contributed by atoms with Crippen molar-refractivity contribution < 1.29 is 0 Å². The van der Waals surface area contributed by atoms with Crippen LogP contribution >= 0.6 is 0 Å². The number of benzene rings is 9. The summed E-state index contributed by atoms with van der Waals surface area (Å²) in [5.41, 5.74) is 20.0. The van der Waals surface area contributed by atoms with Gasteiger partial charge < -0.3 is 0 Å². The van der Waals surface area contributed by atoms with E-state index in [0.717, 1.165) is 78.2 Å². The van der Waals surface area contributed by atoms with E-state index in [1.807, 2.05) is 0 Å². The van der Waals surface area contributed by atoms with Crippen molar-refractivity contribution in [2.24, 2.45) is 0 Å². The molecule has 0 fully saturated rings. The van der Waals surface area contributed by atoms with Crippen LogP contribution in [0.3, 0.4) is 0 Å². The van der Waals surface area contributed by atoms with E-state index >= 15 is 0 Å². The predicted octanol–water partition coefficient (Wildman–Crippen LogP) is 13.8. The van der Waals surface area contributed by atoms with Crippen LogP contribution in [0.15, 0.2) is 218 Å². The average Bonchev–Trinajstić information content (AvgIpc) is 4.08. The highest BCUT2D eigenvalue weighted by molar-refractivity contribution is 5.97. The van der Waals surface area contributed by atoms with Crippen molar-refractivity contribution in [3.05, 3.63) is 218 Å². The second kappa shape index (κ2) is 13.5. The van der Waals surface area contributed by atoms with Crippen molar-refractivity contribution in [1.82, 2.24) is 27.9 Å². The molecule has 0 saturated heterocycles. The number of imidazole rings is 4. The van der Waals surface area contributed by atoms with Gasteiger partial charge in [-0.2, -0.15) is 0 Å². The van der Waals surface area contributed by atoms with E-state index in [1.54, 1.807) is 0 Å². The third kappa shape index (κ3) is 5.30. The Morgan fingerprint density at radius 2 is 0.645 bits per heavy atom. The van der Waals surface area contributed by atoms with Crippen molar-refractivity contribution in [3.8, 4) is 55.9 Å². The third-order valence-electron chi connectivity index (χ3n) is 12.4. The van der Waals surface area contributed by atoms with E-state index in [4.69, 9.17) is 9.97 Å². The number of fused-ring (bicyclic) bond motifs is 10. The fraction of sp³-hybridized carbons (Fsp3) is 0. The molecule has 6 nitrogen and oxygen atoms in total. The quantitative estimate of drug-likeness (QED) is 0.168. The van der Waals surface area contributed by atoms with Crippen molar-refractivity contribution in [2.75, 3.05) is 0 Å². The van der Waals surface area contributed by atoms with Gasteiger partial charge >= 0.3 is 0 Å². The van der Waals surface area contributed by atoms with Crippen molar-refractivity contribution >= 4 is 55.7 Å². The lowest BCUT2D eigenvalue weighted by Gasteiger charge is -2.10. The Balaban J connectivity index is 0.961. The molecule has 13 aromatic rings. The Morgan fingerprint density at radius 1 is 0.242 bits per heavy atom. The molecular formula is C56H36N6. The molecule has 13 rings (SSSR count). The molecule has 0 bridgehead atoms. The van der Waals surface area contributed by atoms with E-state index in [1.165, 1.54) is 33.4 Å². The van der Waals surface area contributed by atoms with Gasteiger partial charge in [-0.25, -0.2) is 9.97 Å². The summed E-state index contributed by atoms with van der Waals surface area (Å²) in [6.45, 7) is 0. The summed E-state index contributed by atoms with van der Waals surface area (Å²) in [4.78, 5) is 10.4. The zero-order valence-corrected chi connectivity index (χ0v) is 33.5. The monoisotopic (exact) mass is 792 g/mol. The maximum absolute atomic E-state index is 5.22. The van der Waals surface area contributed by atoms with Gasteiger partial charge in [0.15, 0.2) is 0 Å². The number of rotatable bonds is 6. The molecule has 4 aromatic heterocycles. The molecule has 290 valence electrons. The van der Waals surface area contributed by atoms with Crippen LogP contribution in [-0.4, -0.2) is 27.9 Å². The highest BCUT2D eigenvalue weighted by atomic mass is 15.2. The maximum atomic E-state index is 5.22. The van der Waals surface area contributed by atoms with Crippen LogP contribution in [0.25, 0.3) is 112 Å². The van der Waals surface area contributed by atoms with Crippen LogP contribution in [0.5, 0.6) is 0 Å². The lowest BCUT2D eigenvalue weighted by Crippen LogP contribution is -1.95. The second-order valence-electron chi connectivity index (χ2n) is 16.0. The van der Waals surface area contributed by atoms with E-state index < -0.39 is 0 Å². The van der Waals surface area contributed by atoms with Crippen LogP contribution in [0.1, 0.15) is 0 Å². The molecule has 6 heteroatoms. The predicted molar refractivity (Wildman–Crippen MR) is 254 cm³/mol. The number of hydrogen-bond acceptors (Lipinski definition) is 2. The van der Waals surface area contributed by atoms with Crippen LogP contribution in [0.2, 0.25) is 0 Å². The van der Waals surface area contributed by atoms with Crippen molar-refractivity contribution in [3.63, 3.8) is 0 Å². The fourth-order valence-corrected chi connectivity index (χ4v) is 9.44. The summed E-state index contributed by atoms with van der Waals surface area (Å²) >= 11 is 0. The summed E-state index contributed by atoms with van der Waals surface area (Å²) in [5, 5.41) is 0. The molecule has 0 aliphatic heterocycles. The molecule has 0 amide bonds. The van der Waals surface area contributed by atoms with Crippen LogP contribution in [0.4, 0.5) is 0 Å². The molecule has 4 heterocycles. The van der Waals surface area contributed by atoms with Crippen molar-refractivity contribution in [1.29, 1.82) is 0 Å². The van der Waals surface area contributed by atoms with Crippen LogP contribution < -0.4 is 0 Å². The Morgan fingerprint density at radius 3 is 1.19 bits per heavy atom. The summed E-state index contributed by atoms with van der Waals surface area (Å²) < 4.78 is 9.20. The number of aromatic nitrogens is 6. The van der Waals surface area contributed by atoms with E-state index in [0.29, 0.717) is 0 Å². The standard InChI is InChI=1S/C56H36N6/c1-3-13-37(14-4-1)40-17-11-18-41(33-40)39-25-29-45(30-26-39)59-51-31-27-43(35-53(51)61-49-23-9-7-21-47(49)57-55(59)61)44-28-32-52-54(36-44)62-50-24-10-8-22-48(50)58-56(62)60(52)46-20-12-19-42(34-46)38-15-5-2-6-16-38/h1-36H. The molecule has 0 atom stereocenters. The van der Waals surface area contributed by atoms with Gasteiger partial charge in [-0.1, -0.05) is 140 Å². The molecule has 0 unspecified atom stereocenters. The van der Waals surface area contributed by atoms with Gasteiger partial charge in [0.05, 0.1) is 44.1 Å². The third-order valence-corrected chi connectivity index (χ3v) is 12.4. The van der Waals surface area contributed by atoms with Gasteiger partial charge in [-0.15, -0.1) is 0 Å². The van der Waals surface area contributed by atoms with Gasteiger partial charge in [-0.3, -0.25) is 17.9 Å². The topological polar surface area (TPSA) is 44.5 Å². The Hall–Kier alpha value is -8.48. The Labute approximate surface area is 356 Å². The number of nitrogens with zero attached hydrogens (tertiary/aromatic N) is 6. The van der Waals surface area contributed by atoms with Gasteiger partial charge in [0.25, 0.3) is 0 Å². The largest absolute Gasteiger partial charge is 0.278 e. The molecule has 0 aliphatic carbocycles. The average molecular weight is 793 g/mol. The Bertz CT molecular complexity index is 3850. The second-order valence-corrected chi connectivity index (χ2v) is 16.0. The fourth-order valence-electron chi connectivity index (χ4n) is 9.44. The van der Waals surface area contributed by atoms with Gasteiger partial charge in [0, 0.05) is 11.4 Å². The Kier molecular flexibility index (Phi) is 7.50. The molecule has 0 spiro atoms. The zero-order valence-electron chi connectivity index (χ0n) is 33.5. The smallest absolute Gasteiger partial charge is 0.220 e. The number of hydrogen-bond donors (Lipinski definition) is 0. The SMILES string of the molecule is c1ccc(-c2cccc(-c3ccc(-n4c5ccc(-c6ccc7c(c6)n6c8ccccc8nc6n7-c6cccc(-c7ccccc7)c6)cc5n5c6ccccc6nc45)cc3)c2)cc1. The summed E-state index contributed by atoms with van der Waals surface area (Å²) in [7, 11) is 0. The molecule has 0 saturated carbocycles. The van der Waals surface area contributed by atoms with E-state index in [9.17, 15) is 0 Å². The van der Waals surface area contributed by atoms with Crippen LogP contribution in [-0.2, 0) is 0 Å². The van der Waals surface area contributed by atoms with Gasteiger partial charge in [0.1, 0.15) is 0 Å². The normalized spacial score (nSPS) is 11.9. The van der Waals surface area contributed by atoms with E-state index in [2.05, 4.69) is 236 Å². The summed E-state index contributed by atoms with van der Waals surface area (Å²) in [5.74, 6) is 1.77. The molecule has 0 radical (unpaired) electrons. The minimum Gasteiger partial charge on any atom is -0.278 e. The first-order valence-corrected chi connectivity index (χ1v) is 21.0. The summed E-state index contributed by atoms with van der Waals surface area (Å²) in [6.07, 6.45) is 0. The summed E-state index contributed by atoms with van der Waals surface area (Å²) in [6, 6.07) is 77.9. The molecule has 9 aromatic carbocycles.